The van der Waals surface area contributed by atoms with Crippen molar-refractivity contribution in [1.29, 1.82) is 0 Å². The summed E-state index contributed by atoms with van der Waals surface area (Å²) in [5.74, 6) is 0.802. The third kappa shape index (κ3) is 6.10. The minimum Gasteiger partial charge on any atom is -0.348 e. The van der Waals surface area contributed by atoms with Crippen molar-refractivity contribution < 1.29 is 9.18 Å². The number of nitrogens with zero attached hydrogens (tertiary/aromatic N) is 4. The van der Waals surface area contributed by atoms with E-state index < -0.39 is 0 Å². The van der Waals surface area contributed by atoms with Crippen molar-refractivity contribution in [3.63, 3.8) is 0 Å². The standard InChI is InChI=1S/C29H24FN5OS/c30-25-14-12-21(13-15-25)17-32-28(36)26-11-5-4-9-24(26)20-37-29-34-33-27(23-10-6-16-31-18-23)35(29)19-22-7-2-1-3-8-22/h1-16,18H,17,19-20H2,(H,32,36). The molecule has 0 aliphatic heterocycles. The van der Waals surface area contributed by atoms with Crippen LogP contribution in [0.3, 0.4) is 0 Å². The van der Waals surface area contributed by atoms with Gasteiger partial charge in [-0.3, -0.25) is 14.3 Å². The molecule has 5 aromatic rings. The van der Waals surface area contributed by atoms with Gasteiger partial charge >= 0.3 is 0 Å². The third-order valence-corrected chi connectivity index (χ3v) is 6.82. The first-order chi connectivity index (χ1) is 18.2. The Morgan fingerprint density at radius 1 is 0.865 bits per heavy atom. The highest BCUT2D eigenvalue weighted by molar-refractivity contribution is 7.98. The van der Waals surface area contributed by atoms with Gasteiger partial charge in [0, 0.05) is 35.8 Å². The van der Waals surface area contributed by atoms with Crippen molar-refractivity contribution in [2.75, 3.05) is 0 Å². The molecule has 0 unspecified atom stereocenters. The highest BCUT2D eigenvalue weighted by Crippen LogP contribution is 2.28. The normalized spacial score (nSPS) is 10.8. The number of carbonyl (C=O) groups excluding carboxylic acids is 1. The van der Waals surface area contributed by atoms with Gasteiger partial charge in [0.1, 0.15) is 5.82 Å². The maximum Gasteiger partial charge on any atom is 0.251 e. The summed E-state index contributed by atoms with van der Waals surface area (Å²) < 4.78 is 15.3. The molecule has 2 heterocycles. The SMILES string of the molecule is O=C(NCc1ccc(F)cc1)c1ccccc1CSc1nnc(-c2cccnc2)n1Cc1ccccc1. The number of rotatable bonds is 9. The van der Waals surface area contributed by atoms with Crippen LogP contribution in [0.5, 0.6) is 0 Å². The minimum absolute atomic E-state index is 0.178. The number of carbonyl (C=O) groups is 1. The van der Waals surface area contributed by atoms with E-state index in [-0.39, 0.29) is 11.7 Å². The van der Waals surface area contributed by atoms with Crippen LogP contribution in [-0.4, -0.2) is 25.7 Å². The van der Waals surface area contributed by atoms with Crippen LogP contribution in [0.25, 0.3) is 11.4 Å². The van der Waals surface area contributed by atoms with Gasteiger partial charge in [-0.25, -0.2) is 4.39 Å². The third-order valence-electron chi connectivity index (χ3n) is 5.81. The summed E-state index contributed by atoms with van der Waals surface area (Å²) in [7, 11) is 0. The van der Waals surface area contributed by atoms with Crippen LogP contribution in [0.2, 0.25) is 0 Å². The molecule has 2 aromatic heterocycles. The van der Waals surface area contributed by atoms with Gasteiger partial charge in [0.25, 0.3) is 5.91 Å². The number of halogens is 1. The molecule has 0 aliphatic carbocycles. The average molecular weight is 510 g/mol. The fraction of sp³-hybridized carbons (Fsp3) is 0.103. The average Bonchev–Trinajstić information content (AvgIpc) is 3.34. The predicted molar refractivity (Wildman–Crippen MR) is 142 cm³/mol. The second-order valence-electron chi connectivity index (χ2n) is 8.37. The molecule has 0 saturated carbocycles. The predicted octanol–water partition coefficient (Wildman–Crippen LogP) is 5.75. The summed E-state index contributed by atoms with van der Waals surface area (Å²) in [4.78, 5) is 17.2. The molecule has 184 valence electrons. The van der Waals surface area contributed by atoms with E-state index in [2.05, 4.69) is 37.2 Å². The van der Waals surface area contributed by atoms with Gasteiger partial charge < -0.3 is 5.32 Å². The van der Waals surface area contributed by atoms with Gasteiger partial charge in [-0.15, -0.1) is 10.2 Å². The first-order valence-electron chi connectivity index (χ1n) is 11.8. The Bertz CT molecular complexity index is 1470. The molecule has 1 N–H and O–H groups in total. The summed E-state index contributed by atoms with van der Waals surface area (Å²) in [6.45, 7) is 0.931. The number of benzene rings is 3. The molecule has 8 heteroatoms. The molecule has 1 amide bonds. The zero-order chi connectivity index (χ0) is 25.5. The highest BCUT2D eigenvalue weighted by atomic mass is 32.2. The van der Waals surface area contributed by atoms with Crippen LogP contribution >= 0.6 is 11.8 Å². The molecule has 0 bridgehead atoms. The molecular weight excluding hydrogens is 485 g/mol. The lowest BCUT2D eigenvalue weighted by atomic mass is 10.1. The molecule has 0 aliphatic rings. The Morgan fingerprint density at radius 3 is 2.43 bits per heavy atom. The Morgan fingerprint density at radius 2 is 1.65 bits per heavy atom. The molecular formula is C29H24FN5OS. The Kier molecular flexibility index (Phi) is 7.66. The molecule has 6 nitrogen and oxygen atoms in total. The fourth-order valence-corrected chi connectivity index (χ4v) is 4.84. The maximum atomic E-state index is 13.2. The lowest BCUT2D eigenvalue weighted by Crippen LogP contribution is -2.23. The largest absolute Gasteiger partial charge is 0.348 e. The quantitative estimate of drug-likeness (QED) is 0.256. The van der Waals surface area contributed by atoms with Crippen molar-refractivity contribution in [2.24, 2.45) is 0 Å². The van der Waals surface area contributed by atoms with Crippen LogP contribution in [0, 0.1) is 5.82 Å². The second-order valence-corrected chi connectivity index (χ2v) is 9.32. The number of amides is 1. The van der Waals surface area contributed by atoms with Gasteiger partial charge in [-0.1, -0.05) is 72.4 Å². The Balaban J connectivity index is 1.35. The van der Waals surface area contributed by atoms with E-state index in [9.17, 15) is 9.18 Å². The number of aromatic nitrogens is 4. The first-order valence-corrected chi connectivity index (χ1v) is 12.8. The van der Waals surface area contributed by atoms with Crippen LogP contribution in [0.1, 0.15) is 27.0 Å². The van der Waals surface area contributed by atoms with Crippen molar-refractivity contribution in [2.45, 2.75) is 24.0 Å². The maximum absolute atomic E-state index is 13.2. The van der Waals surface area contributed by atoms with Crippen molar-refractivity contribution in [3.8, 4) is 11.4 Å². The van der Waals surface area contributed by atoms with E-state index in [4.69, 9.17) is 0 Å². The fourth-order valence-electron chi connectivity index (χ4n) is 3.90. The molecule has 37 heavy (non-hydrogen) atoms. The van der Waals surface area contributed by atoms with Crippen molar-refractivity contribution in [1.82, 2.24) is 25.1 Å². The van der Waals surface area contributed by atoms with Crippen LogP contribution in [0.4, 0.5) is 4.39 Å². The van der Waals surface area contributed by atoms with E-state index >= 15 is 0 Å². The van der Waals surface area contributed by atoms with Gasteiger partial charge in [-0.05, 0) is 47.0 Å². The molecule has 0 spiro atoms. The van der Waals surface area contributed by atoms with Crippen molar-refractivity contribution in [3.05, 3.63) is 131 Å². The Labute approximate surface area is 218 Å². The monoisotopic (exact) mass is 509 g/mol. The molecule has 5 rings (SSSR count). The zero-order valence-corrected chi connectivity index (χ0v) is 20.7. The van der Waals surface area contributed by atoms with Gasteiger partial charge in [0.05, 0.1) is 6.54 Å². The van der Waals surface area contributed by atoms with Crippen LogP contribution in [0.15, 0.2) is 109 Å². The highest BCUT2D eigenvalue weighted by Gasteiger charge is 2.17. The minimum atomic E-state index is -0.302. The van der Waals surface area contributed by atoms with Gasteiger partial charge in [0.15, 0.2) is 11.0 Å². The van der Waals surface area contributed by atoms with E-state index in [0.717, 1.165) is 33.2 Å². The number of thioether (sulfide) groups is 1. The number of nitrogens with one attached hydrogen (secondary N) is 1. The van der Waals surface area contributed by atoms with Crippen LogP contribution < -0.4 is 5.32 Å². The topological polar surface area (TPSA) is 72.7 Å². The number of pyridine rings is 1. The summed E-state index contributed by atoms with van der Waals surface area (Å²) in [6, 6.07) is 27.6. The summed E-state index contributed by atoms with van der Waals surface area (Å²) in [5, 5.41) is 12.6. The van der Waals surface area contributed by atoms with Crippen LogP contribution in [-0.2, 0) is 18.8 Å². The Hall–Kier alpha value is -4.30. The van der Waals surface area contributed by atoms with Gasteiger partial charge in [0.2, 0.25) is 0 Å². The smallest absolute Gasteiger partial charge is 0.251 e. The number of hydrogen-bond donors (Lipinski definition) is 1. The summed E-state index contributed by atoms with van der Waals surface area (Å²) in [5.41, 5.74) is 4.34. The molecule has 0 radical (unpaired) electrons. The zero-order valence-electron chi connectivity index (χ0n) is 19.9. The van der Waals surface area contributed by atoms with E-state index in [1.54, 1.807) is 24.5 Å². The second kappa shape index (κ2) is 11.6. The molecule has 3 aromatic carbocycles. The lowest BCUT2D eigenvalue weighted by molar-refractivity contribution is 0.0950. The lowest BCUT2D eigenvalue weighted by Gasteiger charge is -2.12. The molecule has 0 saturated heterocycles. The summed E-state index contributed by atoms with van der Waals surface area (Å²) in [6.07, 6.45) is 3.51. The molecule has 0 fully saturated rings. The van der Waals surface area contributed by atoms with Gasteiger partial charge in [-0.2, -0.15) is 0 Å². The van der Waals surface area contributed by atoms with E-state index in [1.807, 2.05) is 54.6 Å². The van der Waals surface area contributed by atoms with E-state index in [0.29, 0.717) is 24.4 Å². The first kappa shape index (κ1) is 24.4. The number of hydrogen-bond acceptors (Lipinski definition) is 5. The van der Waals surface area contributed by atoms with Crippen molar-refractivity contribution >= 4 is 17.7 Å². The summed E-state index contributed by atoms with van der Waals surface area (Å²) >= 11 is 1.53. The molecule has 0 atom stereocenters. The van der Waals surface area contributed by atoms with E-state index in [1.165, 1.54) is 23.9 Å².